The lowest BCUT2D eigenvalue weighted by Crippen LogP contribution is -1.94. The molecule has 0 amide bonds. The maximum Gasteiger partial charge on any atom is 0.338 e. The summed E-state index contributed by atoms with van der Waals surface area (Å²) >= 11 is 0. The molecule has 3 rings (SSSR count). The SMILES string of the molecule is O=C(O)c1cn(C2CC2)c2cccc(O)c12. The fourth-order valence-corrected chi connectivity index (χ4v) is 2.11. The molecule has 0 radical (unpaired) electrons. The van der Waals surface area contributed by atoms with Crippen LogP contribution < -0.4 is 0 Å². The van der Waals surface area contributed by atoms with Gasteiger partial charge in [0.05, 0.1) is 16.5 Å². The van der Waals surface area contributed by atoms with Gasteiger partial charge in [-0.3, -0.25) is 0 Å². The molecule has 1 saturated carbocycles. The van der Waals surface area contributed by atoms with Crippen LogP contribution in [0.25, 0.3) is 10.9 Å². The minimum atomic E-state index is -0.995. The van der Waals surface area contributed by atoms with Gasteiger partial charge in [-0.2, -0.15) is 0 Å². The number of nitrogens with zero attached hydrogens (tertiary/aromatic N) is 1. The van der Waals surface area contributed by atoms with E-state index in [4.69, 9.17) is 5.11 Å². The van der Waals surface area contributed by atoms with Crippen molar-refractivity contribution in [2.24, 2.45) is 0 Å². The van der Waals surface area contributed by atoms with Crippen molar-refractivity contribution in [2.75, 3.05) is 0 Å². The highest BCUT2D eigenvalue weighted by Crippen LogP contribution is 2.40. The van der Waals surface area contributed by atoms with E-state index in [2.05, 4.69) is 0 Å². The van der Waals surface area contributed by atoms with E-state index in [9.17, 15) is 9.90 Å². The minimum absolute atomic E-state index is 0.0364. The van der Waals surface area contributed by atoms with Crippen LogP contribution in [0.5, 0.6) is 5.75 Å². The van der Waals surface area contributed by atoms with E-state index in [1.165, 1.54) is 6.07 Å². The molecule has 2 aromatic rings. The fourth-order valence-electron chi connectivity index (χ4n) is 2.11. The second-order valence-electron chi connectivity index (χ2n) is 4.16. The number of carboxylic acids is 1. The van der Waals surface area contributed by atoms with Crippen molar-refractivity contribution >= 4 is 16.9 Å². The van der Waals surface area contributed by atoms with Crippen LogP contribution in [0.3, 0.4) is 0 Å². The minimum Gasteiger partial charge on any atom is -0.507 e. The number of benzene rings is 1. The summed E-state index contributed by atoms with van der Waals surface area (Å²) in [5.74, 6) is -0.958. The molecule has 2 N–H and O–H groups in total. The first-order chi connectivity index (χ1) is 7.68. The van der Waals surface area contributed by atoms with Crippen molar-refractivity contribution in [3.63, 3.8) is 0 Å². The van der Waals surface area contributed by atoms with E-state index in [1.807, 2.05) is 10.6 Å². The molecule has 1 fully saturated rings. The van der Waals surface area contributed by atoms with E-state index in [1.54, 1.807) is 12.3 Å². The fraction of sp³-hybridized carbons (Fsp3) is 0.250. The number of carbonyl (C=O) groups is 1. The standard InChI is InChI=1S/C12H11NO3/c14-10-3-1-2-9-11(10)8(12(15)16)6-13(9)7-4-5-7/h1-3,6-7,14H,4-5H2,(H,15,16). The molecule has 4 heteroatoms. The van der Waals surface area contributed by atoms with Crippen molar-refractivity contribution < 1.29 is 15.0 Å². The predicted molar refractivity (Wildman–Crippen MR) is 58.8 cm³/mol. The lowest BCUT2D eigenvalue weighted by molar-refractivity contribution is 0.0698. The molecule has 4 nitrogen and oxygen atoms in total. The van der Waals surface area contributed by atoms with E-state index < -0.39 is 5.97 Å². The third kappa shape index (κ3) is 1.19. The van der Waals surface area contributed by atoms with Gasteiger partial charge in [-0.1, -0.05) is 6.07 Å². The summed E-state index contributed by atoms with van der Waals surface area (Å²) in [6.45, 7) is 0. The summed E-state index contributed by atoms with van der Waals surface area (Å²) in [6, 6.07) is 5.51. The highest BCUT2D eigenvalue weighted by atomic mass is 16.4. The molecule has 1 aromatic heterocycles. The number of hydrogen-bond donors (Lipinski definition) is 2. The van der Waals surface area contributed by atoms with Crippen molar-refractivity contribution in [2.45, 2.75) is 18.9 Å². The Morgan fingerprint density at radius 3 is 2.75 bits per heavy atom. The number of fused-ring (bicyclic) bond motifs is 1. The highest BCUT2D eigenvalue weighted by molar-refractivity contribution is 6.06. The summed E-state index contributed by atoms with van der Waals surface area (Å²) in [7, 11) is 0. The average molecular weight is 217 g/mol. The topological polar surface area (TPSA) is 62.5 Å². The van der Waals surface area contributed by atoms with Gasteiger partial charge in [0, 0.05) is 12.2 Å². The van der Waals surface area contributed by atoms with Gasteiger partial charge < -0.3 is 14.8 Å². The van der Waals surface area contributed by atoms with Crippen LogP contribution in [0.4, 0.5) is 0 Å². The summed E-state index contributed by atoms with van der Waals surface area (Å²) in [4.78, 5) is 11.1. The Labute approximate surface area is 91.7 Å². The van der Waals surface area contributed by atoms with Crippen molar-refractivity contribution in [3.05, 3.63) is 30.0 Å². The van der Waals surface area contributed by atoms with Crippen LogP contribution in [-0.2, 0) is 0 Å². The van der Waals surface area contributed by atoms with Gasteiger partial charge in [-0.25, -0.2) is 4.79 Å². The molecule has 0 spiro atoms. The molecular weight excluding hydrogens is 206 g/mol. The van der Waals surface area contributed by atoms with E-state index in [-0.39, 0.29) is 11.3 Å². The second-order valence-corrected chi connectivity index (χ2v) is 4.16. The van der Waals surface area contributed by atoms with Crippen LogP contribution in [0.15, 0.2) is 24.4 Å². The second kappa shape index (κ2) is 3.01. The first kappa shape index (κ1) is 9.27. The van der Waals surface area contributed by atoms with Gasteiger partial charge in [-0.15, -0.1) is 0 Å². The van der Waals surface area contributed by atoms with Gasteiger partial charge in [0.2, 0.25) is 0 Å². The molecule has 1 aromatic carbocycles. The largest absolute Gasteiger partial charge is 0.507 e. The maximum absolute atomic E-state index is 11.1. The molecule has 82 valence electrons. The van der Waals surface area contributed by atoms with Crippen LogP contribution in [0.1, 0.15) is 29.2 Å². The maximum atomic E-state index is 11.1. The van der Waals surface area contributed by atoms with Gasteiger partial charge in [-0.05, 0) is 25.0 Å². The lowest BCUT2D eigenvalue weighted by atomic mass is 10.1. The summed E-state index contributed by atoms with van der Waals surface area (Å²) in [5.41, 5.74) is 0.986. The molecule has 0 aliphatic heterocycles. The molecule has 0 unspecified atom stereocenters. The van der Waals surface area contributed by atoms with E-state index >= 15 is 0 Å². The Morgan fingerprint density at radius 1 is 1.38 bits per heavy atom. The number of hydrogen-bond acceptors (Lipinski definition) is 2. The lowest BCUT2D eigenvalue weighted by Gasteiger charge is -2.01. The Hall–Kier alpha value is -1.97. The number of aromatic nitrogens is 1. The zero-order chi connectivity index (χ0) is 11.3. The number of carboxylic acid groups (broad SMARTS) is 1. The van der Waals surface area contributed by atoms with E-state index in [0.717, 1.165) is 18.4 Å². The quantitative estimate of drug-likeness (QED) is 0.811. The number of rotatable bonds is 2. The first-order valence-corrected chi connectivity index (χ1v) is 5.24. The van der Waals surface area contributed by atoms with Crippen LogP contribution >= 0.6 is 0 Å². The molecule has 1 heterocycles. The highest BCUT2D eigenvalue weighted by Gasteiger charge is 2.27. The van der Waals surface area contributed by atoms with E-state index in [0.29, 0.717) is 11.4 Å². The Bertz CT molecular complexity index is 581. The number of phenols is 1. The predicted octanol–water partition coefficient (Wildman–Crippen LogP) is 2.38. The molecule has 16 heavy (non-hydrogen) atoms. The molecule has 0 atom stereocenters. The Balaban J connectivity index is 2.37. The van der Waals surface area contributed by atoms with Gasteiger partial charge in [0.1, 0.15) is 5.75 Å². The molecule has 1 aliphatic rings. The Morgan fingerprint density at radius 2 is 2.12 bits per heavy atom. The van der Waals surface area contributed by atoms with Crippen molar-refractivity contribution in [3.8, 4) is 5.75 Å². The molecule has 0 saturated heterocycles. The normalized spacial score (nSPS) is 15.5. The number of aromatic carboxylic acids is 1. The van der Waals surface area contributed by atoms with Crippen molar-refractivity contribution in [1.82, 2.24) is 4.57 Å². The monoisotopic (exact) mass is 217 g/mol. The third-order valence-corrected chi connectivity index (χ3v) is 3.01. The Kier molecular flexibility index (Phi) is 1.74. The van der Waals surface area contributed by atoms with Crippen LogP contribution in [0, 0.1) is 0 Å². The number of phenolic OH excluding ortho intramolecular Hbond substituents is 1. The molecule has 1 aliphatic carbocycles. The zero-order valence-corrected chi connectivity index (χ0v) is 8.55. The summed E-state index contributed by atoms with van der Waals surface area (Å²) < 4.78 is 1.96. The van der Waals surface area contributed by atoms with Crippen molar-refractivity contribution in [1.29, 1.82) is 0 Å². The molecule has 0 bridgehead atoms. The zero-order valence-electron chi connectivity index (χ0n) is 8.55. The summed E-state index contributed by atoms with van der Waals surface area (Å²) in [6.07, 6.45) is 3.79. The average Bonchev–Trinajstić information content (AvgIpc) is 2.99. The van der Waals surface area contributed by atoms with Gasteiger partial charge in [0.15, 0.2) is 0 Å². The van der Waals surface area contributed by atoms with Crippen LogP contribution in [0.2, 0.25) is 0 Å². The van der Waals surface area contributed by atoms with Crippen LogP contribution in [-0.4, -0.2) is 20.7 Å². The first-order valence-electron chi connectivity index (χ1n) is 5.24. The number of aromatic hydroxyl groups is 1. The smallest absolute Gasteiger partial charge is 0.338 e. The third-order valence-electron chi connectivity index (χ3n) is 3.01. The summed E-state index contributed by atoms with van der Waals surface area (Å²) in [5, 5.41) is 19.3. The van der Waals surface area contributed by atoms with Gasteiger partial charge in [0.25, 0.3) is 0 Å². The van der Waals surface area contributed by atoms with Gasteiger partial charge >= 0.3 is 5.97 Å². The molecular formula is C12H11NO3.